The molecule has 1 fully saturated rings. The van der Waals surface area contributed by atoms with Crippen LogP contribution in [-0.4, -0.2) is 31.3 Å². The molecule has 1 aromatic rings. The number of aromatic nitrogens is 1. The number of anilines is 1. The van der Waals surface area contributed by atoms with Gasteiger partial charge in [0.15, 0.2) is 0 Å². The maximum absolute atomic E-state index is 6.03. The van der Waals surface area contributed by atoms with Gasteiger partial charge in [0.05, 0.1) is 28.9 Å². The molecule has 1 aromatic heterocycles. The van der Waals surface area contributed by atoms with E-state index < -0.39 is 0 Å². The molecule has 0 N–H and O–H groups in total. The predicted octanol–water partition coefficient (Wildman–Crippen LogP) is 2.22. The predicted molar refractivity (Wildman–Crippen MR) is 57.3 cm³/mol. The fourth-order valence-corrected chi connectivity index (χ4v) is 2.10. The molecule has 1 aliphatic rings. The van der Waals surface area contributed by atoms with Crippen LogP contribution in [-0.2, 0) is 4.74 Å². The third kappa shape index (κ3) is 1.95. The largest absolute Gasteiger partial charge is 0.378 e. The maximum atomic E-state index is 6.03. The van der Waals surface area contributed by atoms with Crippen molar-refractivity contribution in [1.29, 1.82) is 0 Å². The van der Waals surface area contributed by atoms with Gasteiger partial charge in [0.25, 0.3) is 0 Å². The Morgan fingerprint density at radius 2 is 1.71 bits per heavy atom. The van der Waals surface area contributed by atoms with Crippen LogP contribution in [0.1, 0.15) is 0 Å². The van der Waals surface area contributed by atoms with Gasteiger partial charge in [-0.05, 0) is 0 Å². The third-order valence-electron chi connectivity index (χ3n) is 2.16. The molecule has 0 amide bonds. The number of nitrogens with zero attached hydrogens (tertiary/aromatic N) is 2. The van der Waals surface area contributed by atoms with Crippen molar-refractivity contribution < 1.29 is 4.74 Å². The van der Waals surface area contributed by atoms with Crippen molar-refractivity contribution >= 4 is 28.9 Å². The molecule has 0 saturated carbocycles. The molecule has 0 unspecified atom stereocenters. The number of hydrogen-bond donors (Lipinski definition) is 0. The number of ether oxygens (including phenoxy) is 1. The molecule has 5 heteroatoms. The lowest BCUT2D eigenvalue weighted by molar-refractivity contribution is 0.122. The lowest BCUT2D eigenvalue weighted by Crippen LogP contribution is -2.36. The van der Waals surface area contributed by atoms with E-state index in [4.69, 9.17) is 27.9 Å². The number of halogens is 2. The molecule has 1 aliphatic heterocycles. The van der Waals surface area contributed by atoms with Gasteiger partial charge in [-0.2, -0.15) is 0 Å². The fourth-order valence-electron chi connectivity index (χ4n) is 1.49. The van der Waals surface area contributed by atoms with E-state index in [1.807, 2.05) is 0 Å². The Morgan fingerprint density at radius 1 is 1.14 bits per heavy atom. The van der Waals surface area contributed by atoms with Crippen molar-refractivity contribution in [2.24, 2.45) is 0 Å². The lowest BCUT2D eigenvalue weighted by atomic mass is 10.3. The lowest BCUT2D eigenvalue weighted by Gasteiger charge is -2.29. The molecule has 14 heavy (non-hydrogen) atoms. The van der Waals surface area contributed by atoms with Gasteiger partial charge in [-0.25, -0.2) is 0 Å². The Kier molecular flexibility index (Phi) is 3.11. The van der Waals surface area contributed by atoms with E-state index in [1.54, 1.807) is 12.4 Å². The van der Waals surface area contributed by atoms with E-state index in [2.05, 4.69) is 9.88 Å². The Labute approximate surface area is 92.6 Å². The van der Waals surface area contributed by atoms with Crippen molar-refractivity contribution in [3.8, 4) is 0 Å². The number of pyridine rings is 1. The van der Waals surface area contributed by atoms with Crippen LogP contribution in [0.25, 0.3) is 0 Å². The van der Waals surface area contributed by atoms with Gasteiger partial charge in [-0.15, -0.1) is 0 Å². The van der Waals surface area contributed by atoms with Crippen LogP contribution in [0.5, 0.6) is 0 Å². The highest BCUT2D eigenvalue weighted by molar-refractivity contribution is 6.38. The van der Waals surface area contributed by atoms with E-state index in [9.17, 15) is 0 Å². The highest BCUT2D eigenvalue weighted by Crippen LogP contribution is 2.32. The second kappa shape index (κ2) is 4.34. The van der Waals surface area contributed by atoms with Crippen LogP contribution >= 0.6 is 23.2 Å². The zero-order valence-electron chi connectivity index (χ0n) is 7.54. The summed E-state index contributed by atoms with van der Waals surface area (Å²) in [6.45, 7) is 3.08. The molecule has 0 aromatic carbocycles. The molecule has 2 heterocycles. The van der Waals surface area contributed by atoms with Crippen LogP contribution in [0.3, 0.4) is 0 Å². The molecule has 0 radical (unpaired) electrons. The van der Waals surface area contributed by atoms with Crippen LogP contribution in [0.4, 0.5) is 5.69 Å². The molecule has 0 atom stereocenters. The zero-order valence-corrected chi connectivity index (χ0v) is 9.05. The van der Waals surface area contributed by atoms with Crippen LogP contribution in [0.15, 0.2) is 12.4 Å². The first kappa shape index (κ1) is 10.0. The first-order chi connectivity index (χ1) is 6.79. The normalized spacial score (nSPS) is 17.1. The summed E-state index contributed by atoms with van der Waals surface area (Å²) in [4.78, 5) is 6.04. The van der Waals surface area contributed by atoms with Crippen molar-refractivity contribution in [2.45, 2.75) is 0 Å². The summed E-state index contributed by atoms with van der Waals surface area (Å²) in [6, 6.07) is 0. The number of hydrogen-bond acceptors (Lipinski definition) is 3. The number of morpholine rings is 1. The SMILES string of the molecule is Clc1cncc(Cl)c1N1CCOCC1. The van der Waals surface area contributed by atoms with Crippen LogP contribution < -0.4 is 4.90 Å². The first-order valence-electron chi connectivity index (χ1n) is 4.41. The quantitative estimate of drug-likeness (QED) is 0.743. The van der Waals surface area contributed by atoms with E-state index in [0.29, 0.717) is 10.0 Å². The number of rotatable bonds is 1. The minimum atomic E-state index is 0.597. The minimum absolute atomic E-state index is 0.597. The Bertz CT molecular complexity index is 306. The Balaban J connectivity index is 2.29. The highest BCUT2D eigenvalue weighted by Gasteiger charge is 2.16. The average molecular weight is 233 g/mol. The van der Waals surface area contributed by atoms with Gasteiger partial charge in [0.2, 0.25) is 0 Å². The minimum Gasteiger partial charge on any atom is -0.378 e. The molecule has 1 saturated heterocycles. The molecular formula is C9H10Cl2N2O. The first-order valence-corrected chi connectivity index (χ1v) is 5.16. The third-order valence-corrected chi connectivity index (χ3v) is 2.71. The molecule has 2 rings (SSSR count). The van der Waals surface area contributed by atoms with Gasteiger partial charge in [-0.1, -0.05) is 23.2 Å². The summed E-state index contributed by atoms with van der Waals surface area (Å²) in [7, 11) is 0. The fraction of sp³-hybridized carbons (Fsp3) is 0.444. The van der Waals surface area contributed by atoms with Crippen molar-refractivity contribution in [3.05, 3.63) is 22.4 Å². The van der Waals surface area contributed by atoms with Crippen molar-refractivity contribution in [2.75, 3.05) is 31.2 Å². The van der Waals surface area contributed by atoms with E-state index in [0.717, 1.165) is 32.0 Å². The highest BCUT2D eigenvalue weighted by atomic mass is 35.5. The molecule has 3 nitrogen and oxygen atoms in total. The standard InChI is InChI=1S/C9H10Cl2N2O/c10-7-5-12-6-8(11)9(7)13-1-3-14-4-2-13/h5-6H,1-4H2. The van der Waals surface area contributed by atoms with Crippen LogP contribution in [0.2, 0.25) is 10.0 Å². The van der Waals surface area contributed by atoms with Gasteiger partial charge < -0.3 is 9.64 Å². The van der Waals surface area contributed by atoms with Crippen molar-refractivity contribution in [3.63, 3.8) is 0 Å². The average Bonchev–Trinajstić information content (AvgIpc) is 2.19. The molecule has 0 bridgehead atoms. The van der Waals surface area contributed by atoms with Gasteiger partial charge >= 0.3 is 0 Å². The van der Waals surface area contributed by atoms with Gasteiger partial charge in [0.1, 0.15) is 0 Å². The Hall–Kier alpha value is -0.510. The summed E-state index contributed by atoms with van der Waals surface area (Å²) in [5.41, 5.74) is 0.867. The molecule has 0 spiro atoms. The second-order valence-corrected chi connectivity index (χ2v) is 3.87. The van der Waals surface area contributed by atoms with E-state index in [1.165, 1.54) is 0 Å². The summed E-state index contributed by atoms with van der Waals surface area (Å²) in [5, 5.41) is 1.19. The van der Waals surface area contributed by atoms with Gasteiger partial charge in [0, 0.05) is 25.5 Å². The Morgan fingerprint density at radius 3 is 2.29 bits per heavy atom. The van der Waals surface area contributed by atoms with E-state index in [-0.39, 0.29) is 0 Å². The summed E-state index contributed by atoms with van der Waals surface area (Å²) >= 11 is 12.1. The zero-order chi connectivity index (χ0) is 9.97. The summed E-state index contributed by atoms with van der Waals surface area (Å²) in [5.74, 6) is 0. The monoisotopic (exact) mass is 232 g/mol. The molecule has 76 valence electrons. The molecule has 0 aliphatic carbocycles. The molecular weight excluding hydrogens is 223 g/mol. The summed E-state index contributed by atoms with van der Waals surface area (Å²) in [6.07, 6.45) is 3.22. The maximum Gasteiger partial charge on any atom is 0.0838 e. The topological polar surface area (TPSA) is 25.4 Å². The second-order valence-electron chi connectivity index (χ2n) is 3.05. The van der Waals surface area contributed by atoms with Gasteiger partial charge in [-0.3, -0.25) is 4.98 Å². The van der Waals surface area contributed by atoms with Crippen molar-refractivity contribution in [1.82, 2.24) is 4.98 Å². The van der Waals surface area contributed by atoms with Crippen LogP contribution in [0, 0.1) is 0 Å². The summed E-state index contributed by atoms with van der Waals surface area (Å²) < 4.78 is 5.26. The van der Waals surface area contributed by atoms with E-state index >= 15 is 0 Å². The smallest absolute Gasteiger partial charge is 0.0838 e.